The summed E-state index contributed by atoms with van der Waals surface area (Å²) in [5.74, 6) is -0.124. The summed E-state index contributed by atoms with van der Waals surface area (Å²) in [7, 11) is 2.02. The lowest BCUT2D eigenvalue weighted by Gasteiger charge is -2.53. The second-order valence-electron chi connectivity index (χ2n) is 7.62. The van der Waals surface area contributed by atoms with Gasteiger partial charge in [0, 0.05) is 25.2 Å². The number of fused-ring (bicyclic) bond motifs is 1. The molecule has 7 heteroatoms. The Hall–Kier alpha value is -1.96. The second kappa shape index (κ2) is 8.37. The van der Waals surface area contributed by atoms with Gasteiger partial charge in [-0.3, -0.25) is 9.59 Å². The van der Waals surface area contributed by atoms with E-state index >= 15 is 0 Å². The number of piperidine rings is 2. The molecule has 3 rings (SSSR count). The summed E-state index contributed by atoms with van der Waals surface area (Å²) in [6.45, 7) is 2.20. The van der Waals surface area contributed by atoms with Crippen molar-refractivity contribution in [1.82, 2.24) is 15.1 Å². The Kier molecular flexibility index (Phi) is 6.14. The van der Waals surface area contributed by atoms with Gasteiger partial charge >= 0.3 is 0 Å². The third kappa shape index (κ3) is 3.85. The molecule has 1 aromatic rings. The SMILES string of the molecule is CN1CC[C@]2(C(=O)NCCO)CCCN(C(=O)c3ccc(CO)cc3)[C@H]2C1. The molecule has 1 aromatic carbocycles. The van der Waals surface area contributed by atoms with Crippen LogP contribution in [0, 0.1) is 5.41 Å². The molecule has 0 radical (unpaired) electrons. The highest BCUT2D eigenvalue weighted by Crippen LogP contribution is 2.43. The predicted octanol–water partition coefficient (Wildman–Crippen LogP) is 0.214. The molecule has 2 amide bonds. The van der Waals surface area contributed by atoms with Crippen molar-refractivity contribution in [3.8, 4) is 0 Å². The first-order valence-corrected chi connectivity index (χ1v) is 9.60. The van der Waals surface area contributed by atoms with Crippen LogP contribution in [0.25, 0.3) is 0 Å². The molecule has 0 spiro atoms. The molecule has 0 unspecified atom stereocenters. The summed E-state index contributed by atoms with van der Waals surface area (Å²) in [5.41, 5.74) is 0.744. The van der Waals surface area contributed by atoms with Crippen molar-refractivity contribution in [1.29, 1.82) is 0 Å². The monoisotopic (exact) mass is 375 g/mol. The quantitative estimate of drug-likeness (QED) is 0.684. The number of aliphatic hydroxyl groups excluding tert-OH is 2. The normalized spacial score (nSPS) is 25.7. The third-order valence-corrected chi connectivity index (χ3v) is 5.95. The average Bonchev–Trinajstić information content (AvgIpc) is 2.71. The minimum absolute atomic E-state index is 0.0530. The molecule has 3 N–H and O–H groups in total. The zero-order valence-electron chi connectivity index (χ0n) is 15.9. The van der Waals surface area contributed by atoms with E-state index in [9.17, 15) is 14.7 Å². The van der Waals surface area contributed by atoms with E-state index in [1.807, 2.05) is 11.9 Å². The summed E-state index contributed by atoms with van der Waals surface area (Å²) in [4.78, 5) is 30.2. The smallest absolute Gasteiger partial charge is 0.254 e. The summed E-state index contributed by atoms with van der Waals surface area (Å²) in [5, 5.41) is 21.1. The first kappa shape index (κ1) is 19.8. The number of hydrogen-bond donors (Lipinski definition) is 3. The van der Waals surface area contributed by atoms with Crippen LogP contribution in [0.15, 0.2) is 24.3 Å². The highest BCUT2D eigenvalue weighted by molar-refractivity contribution is 5.95. The molecular weight excluding hydrogens is 346 g/mol. The Bertz CT molecular complexity index is 678. The molecule has 27 heavy (non-hydrogen) atoms. The molecular formula is C20H29N3O4. The molecule has 2 atom stereocenters. The van der Waals surface area contributed by atoms with E-state index in [4.69, 9.17) is 5.11 Å². The van der Waals surface area contributed by atoms with Gasteiger partial charge in [0.1, 0.15) is 0 Å². The first-order chi connectivity index (χ1) is 13.0. The summed E-state index contributed by atoms with van der Waals surface area (Å²) in [6, 6.07) is 6.80. The standard InChI is InChI=1S/C20H29N3O4/c1-22-11-8-20(19(27)21-9-12-24)7-2-10-23(17(20)13-22)18(26)16-5-3-15(14-25)4-6-16/h3-6,17,24-25H,2,7-14H2,1H3,(H,21,27)/t17-,20+/m0/s1. The lowest BCUT2D eigenvalue weighted by Crippen LogP contribution is -2.66. The van der Waals surface area contributed by atoms with Crippen LogP contribution in [0.1, 0.15) is 35.2 Å². The highest BCUT2D eigenvalue weighted by atomic mass is 16.3. The van der Waals surface area contributed by atoms with Crippen LogP contribution in [0.5, 0.6) is 0 Å². The van der Waals surface area contributed by atoms with Crippen molar-refractivity contribution >= 4 is 11.8 Å². The Morgan fingerprint density at radius 2 is 1.93 bits per heavy atom. The van der Waals surface area contributed by atoms with E-state index in [2.05, 4.69) is 10.2 Å². The van der Waals surface area contributed by atoms with E-state index in [1.165, 1.54) is 0 Å². The maximum absolute atomic E-state index is 13.2. The van der Waals surface area contributed by atoms with Gasteiger partial charge in [-0.05, 0) is 50.6 Å². The Morgan fingerprint density at radius 3 is 2.59 bits per heavy atom. The topological polar surface area (TPSA) is 93.1 Å². The van der Waals surface area contributed by atoms with Gasteiger partial charge in [-0.1, -0.05) is 12.1 Å². The summed E-state index contributed by atoms with van der Waals surface area (Å²) >= 11 is 0. The van der Waals surface area contributed by atoms with E-state index < -0.39 is 5.41 Å². The van der Waals surface area contributed by atoms with Crippen molar-refractivity contribution in [2.24, 2.45) is 5.41 Å². The van der Waals surface area contributed by atoms with Crippen molar-refractivity contribution < 1.29 is 19.8 Å². The summed E-state index contributed by atoms with van der Waals surface area (Å²) in [6.07, 6.45) is 2.25. The average molecular weight is 375 g/mol. The highest BCUT2D eigenvalue weighted by Gasteiger charge is 2.53. The van der Waals surface area contributed by atoms with Gasteiger partial charge < -0.3 is 25.3 Å². The number of benzene rings is 1. The third-order valence-electron chi connectivity index (χ3n) is 5.95. The molecule has 2 saturated heterocycles. The van der Waals surface area contributed by atoms with Crippen molar-refractivity contribution in [3.05, 3.63) is 35.4 Å². The Balaban J connectivity index is 1.88. The zero-order chi connectivity index (χ0) is 19.4. The number of rotatable bonds is 5. The molecule has 0 aromatic heterocycles. The molecule has 2 aliphatic heterocycles. The van der Waals surface area contributed by atoms with Gasteiger partial charge in [-0.2, -0.15) is 0 Å². The van der Waals surface area contributed by atoms with Crippen LogP contribution < -0.4 is 5.32 Å². The number of aliphatic hydroxyl groups is 2. The predicted molar refractivity (Wildman–Crippen MR) is 101 cm³/mol. The number of likely N-dealkylation sites (tertiary alicyclic amines) is 2. The van der Waals surface area contributed by atoms with Crippen LogP contribution >= 0.6 is 0 Å². The van der Waals surface area contributed by atoms with Gasteiger partial charge in [-0.15, -0.1) is 0 Å². The van der Waals surface area contributed by atoms with Crippen molar-refractivity contribution in [2.45, 2.75) is 31.9 Å². The van der Waals surface area contributed by atoms with Crippen LogP contribution in [0.3, 0.4) is 0 Å². The fourth-order valence-electron chi connectivity index (χ4n) is 4.41. The van der Waals surface area contributed by atoms with Crippen LogP contribution in [-0.4, -0.2) is 77.7 Å². The van der Waals surface area contributed by atoms with Gasteiger partial charge in [0.15, 0.2) is 0 Å². The minimum Gasteiger partial charge on any atom is -0.395 e. The number of nitrogens with zero attached hydrogens (tertiary/aromatic N) is 2. The number of amides is 2. The van der Waals surface area contributed by atoms with E-state index in [0.29, 0.717) is 25.1 Å². The summed E-state index contributed by atoms with van der Waals surface area (Å²) < 4.78 is 0. The minimum atomic E-state index is -0.597. The Labute approximate surface area is 160 Å². The largest absolute Gasteiger partial charge is 0.395 e. The number of nitrogens with one attached hydrogen (secondary N) is 1. The van der Waals surface area contributed by atoms with Gasteiger partial charge in [0.2, 0.25) is 5.91 Å². The number of carbonyl (C=O) groups is 2. The molecule has 2 aliphatic rings. The lowest BCUT2D eigenvalue weighted by atomic mass is 9.67. The molecule has 0 bridgehead atoms. The number of hydrogen-bond acceptors (Lipinski definition) is 5. The Morgan fingerprint density at radius 1 is 1.19 bits per heavy atom. The van der Waals surface area contributed by atoms with Crippen molar-refractivity contribution in [2.75, 3.05) is 39.8 Å². The van der Waals surface area contributed by atoms with Gasteiger partial charge in [-0.25, -0.2) is 0 Å². The maximum Gasteiger partial charge on any atom is 0.254 e. The van der Waals surface area contributed by atoms with E-state index in [-0.39, 0.29) is 37.6 Å². The van der Waals surface area contributed by atoms with Crippen LogP contribution in [0.2, 0.25) is 0 Å². The number of likely N-dealkylation sites (N-methyl/N-ethyl adjacent to an activating group) is 1. The molecule has 148 valence electrons. The van der Waals surface area contributed by atoms with E-state index in [1.54, 1.807) is 24.3 Å². The van der Waals surface area contributed by atoms with Gasteiger partial charge in [0.05, 0.1) is 24.7 Å². The molecule has 0 aliphatic carbocycles. The fraction of sp³-hybridized carbons (Fsp3) is 0.600. The molecule has 7 nitrogen and oxygen atoms in total. The van der Waals surface area contributed by atoms with E-state index in [0.717, 1.165) is 24.9 Å². The number of carbonyl (C=O) groups excluding carboxylic acids is 2. The second-order valence-corrected chi connectivity index (χ2v) is 7.62. The molecule has 0 saturated carbocycles. The first-order valence-electron chi connectivity index (χ1n) is 9.60. The van der Waals surface area contributed by atoms with Gasteiger partial charge in [0.25, 0.3) is 5.91 Å². The van der Waals surface area contributed by atoms with Crippen molar-refractivity contribution in [3.63, 3.8) is 0 Å². The lowest BCUT2D eigenvalue weighted by molar-refractivity contribution is -0.142. The van der Waals surface area contributed by atoms with Crippen LogP contribution in [-0.2, 0) is 11.4 Å². The fourth-order valence-corrected chi connectivity index (χ4v) is 4.41. The maximum atomic E-state index is 13.2. The molecule has 2 fully saturated rings. The van der Waals surface area contributed by atoms with Crippen LogP contribution in [0.4, 0.5) is 0 Å². The molecule has 2 heterocycles. The zero-order valence-corrected chi connectivity index (χ0v) is 15.9.